The summed E-state index contributed by atoms with van der Waals surface area (Å²) in [5.41, 5.74) is 0.938. The molecular formula is C10H8ClN3O2. The first kappa shape index (κ1) is 10.6. The fraction of sp³-hybridized carbons (Fsp3) is 0.100. The smallest absolute Gasteiger partial charge is 0.261 e. The zero-order chi connectivity index (χ0) is 11.5. The van der Waals surface area contributed by atoms with Crippen LogP contribution in [0.25, 0.3) is 0 Å². The molecule has 0 spiro atoms. The van der Waals surface area contributed by atoms with Crippen molar-refractivity contribution in [3.8, 4) is 0 Å². The first-order chi connectivity index (χ1) is 7.65. The Morgan fingerprint density at radius 1 is 1.50 bits per heavy atom. The van der Waals surface area contributed by atoms with E-state index >= 15 is 0 Å². The number of aromatic nitrogens is 2. The highest BCUT2D eigenvalue weighted by Crippen LogP contribution is 2.13. The Balaban J connectivity index is 2.17. The topological polar surface area (TPSA) is 61.0 Å². The minimum absolute atomic E-state index is 0.0120. The lowest BCUT2D eigenvalue weighted by molar-refractivity contribution is -0.385. The number of halogens is 1. The van der Waals surface area contributed by atoms with Crippen molar-refractivity contribution in [2.75, 3.05) is 0 Å². The van der Waals surface area contributed by atoms with Crippen molar-refractivity contribution in [1.29, 1.82) is 0 Å². The van der Waals surface area contributed by atoms with Gasteiger partial charge in [-0.15, -0.1) is 0 Å². The largest absolute Gasteiger partial charge is 0.307 e. The van der Waals surface area contributed by atoms with Gasteiger partial charge in [0.15, 0.2) is 0 Å². The summed E-state index contributed by atoms with van der Waals surface area (Å²) in [6.07, 6.45) is 2.62. The first-order valence-corrected chi connectivity index (χ1v) is 4.94. The highest BCUT2D eigenvalue weighted by molar-refractivity contribution is 6.30. The second kappa shape index (κ2) is 4.32. The number of benzene rings is 1. The van der Waals surface area contributed by atoms with Crippen LogP contribution in [0.5, 0.6) is 0 Å². The van der Waals surface area contributed by atoms with E-state index in [1.165, 1.54) is 17.1 Å². The Morgan fingerprint density at radius 3 is 2.94 bits per heavy atom. The highest BCUT2D eigenvalue weighted by atomic mass is 35.5. The third-order valence-electron chi connectivity index (χ3n) is 2.06. The van der Waals surface area contributed by atoms with Gasteiger partial charge in [0.25, 0.3) is 0 Å². The predicted molar refractivity (Wildman–Crippen MR) is 59.4 cm³/mol. The molecule has 0 aliphatic rings. The van der Waals surface area contributed by atoms with E-state index in [9.17, 15) is 10.1 Å². The van der Waals surface area contributed by atoms with Gasteiger partial charge in [0.2, 0.25) is 0 Å². The maximum absolute atomic E-state index is 10.5. The van der Waals surface area contributed by atoms with E-state index in [1.807, 2.05) is 12.1 Å². The van der Waals surface area contributed by atoms with Crippen LogP contribution in [0.4, 0.5) is 5.69 Å². The molecule has 0 aliphatic heterocycles. The highest BCUT2D eigenvalue weighted by Gasteiger charge is 2.08. The van der Waals surface area contributed by atoms with Crippen LogP contribution in [0.15, 0.2) is 36.7 Å². The van der Waals surface area contributed by atoms with Gasteiger partial charge in [-0.25, -0.2) is 0 Å². The van der Waals surface area contributed by atoms with Gasteiger partial charge >= 0.3 is 5.69 Å². The summed E-state index contributed by atoms with van der Waals surface area (Å²) < 4.78 is 1.50. The van der Waals surface area contributed by atoms with Crippen LogP contribution in [0.1, 0.15) is 5.56 Å². The lowest BCUT2D eigenvalue weighted by Crippen LogP contribution is -1.99. The standard InChI is InChI=1S/C10H8ClN3O2/c11-9-3-1-2-8(4-9)6-13-7-10(5-12-13)14(15)16/h1-5,7H,6H2. The van der Waals surface area contributed by atoms with Crippen molar-refractivity contribution in [1.82, 2.24) is 9.78 Å². The minimum atomic E-state index is -0.471. The van der Waals surface area contributed by atoms with Gasteiger partial charge in [-0.3, -0.25) is 14.8 Å². The zero-order valence-electron chi connectivity index (χ0n) is 8.21. The molecule has 1 aromatic heterocycles. The molecule has 16 heavy (non-hydrogen) atoms. The lowest BCUT2D eigenvalue weighted by atomic mass is 10.2. The third-order valence-corrected chi connectivity index (χ3v) is 2.30. The van der Waals surface area contributed by atoms with E-state index < -0.39 is 4.92 Å². The minimum Gasteiger partial charge on any atom is -0.261 e. The summed E-state index contributed by atoms with van der Waals surface area (Å²) >= 11 is 5.83. The number of hydrogen-bond acceptors (Lipinski definition) is 3. The number of rotatable bonds is 3. The summed E-state index contributed by atoms with van der Waals surface area (Å²) in [4.78, 5) is 9.98. The lowest BCUT2D eigenvalue weighted by Gasteiger charge is -2.01. The van der Waals surface area contributed by atoms with E-state index in [2.05, 4.69) is 5.10 Å². The van der Waals surface area contributed by atoms with Gasteiger partial charge in [0, 0.05) is 5.02 Å². The van der Waals surface area contributed by atoms with E-state index in [0.29, 0.717) is 11.6 Å². The molecule has 1 aromatic carbocycles. The second-order valence-electron chi connectivity index (χ2n) is 3.28. The molecule has 0 N–H and O–H groups in total. The molecule has 0 saturated heterocycles. The van der Waals surface area contributed by atoms with Crippen molar-refractivity contribution in [2.45, 2.75) is 6.54 Å². The molecule has 2 aromatic rings. The third kappa shape index (κ3) is 2.38. The molecule has 82 valence electrons. The van der Waals surface area contributed by atoms with Crippen molar-refractivity contribution >= 4 is 17.3 Å². The van der Waals surface area contributed by atoms with Crippen LogP contribution in [-0.4, -0.2) is 14.7 Å². The molecule has 0 atom stereocenters. The average Bonchev–Trinajstić information content (AvgIpc) is 2.66. The Labute approximate surface area is 96.4 Å². The average molecular weight is 238 g/mol. The Kier molecular flexibility index (Phi) is 2.87. The maximum atomic E-state index is 10.5. The van der Waals surface area contributed by atoms with Gasteiger partial charge in [0.05, 0.1) is 11.5 Å². The molecule has 0 fully saturated rings. The van der Waals surface area contributed by atoms with E-state index in [4.69, 9.17) is 11.6 Å². The quantitative estimate of drug-likeness (QED) is 0.609. The number of nitro groups is 1. The van der Waals surface area contributed by atoms with Gasteiger partial charge < -0.3 is 0 Å². The van der Waals surface area contributed by atoms with E-state index in [0.717, 1.165) is 5.56 Å². The summed E-state index contributed by atoms with van der Waals surface area (Å²) in [5, 5.41) is 15.0. The molecular weight excluding hydrogens is 230 g/mol. The van der Waals surface area contributed by atoms with Crippen LogP contribution in [0.3, 0.4) is 0 Å². The van der Waals surface area contributed by atoms with Gasteiger partial charge in [0.1, 0.15) is 12.4 Å². The van der Waals surface area contributed by atoms with Gasteiger partial charge in [-0.05, 0) is 17.7 Å². The summed E-state index contributed by atoms with van der Waals surface area (Å²) in [6, 6.07) is 7.29. The predicted octanol–water partition coefficient (Wildman–Crippen LogP) is 2.49. The molecule has 0 aliphatic carbocycles. The summed E-state index contributed by atoms with van der Waals surface area (Å²) in [7, 11) is 0. The van der Waals surface area contributed by atoms with Crippen LogP contribution < -0.4 is 0 Å². The Bertz CT molecular complexity index is 524. The van der Waals surface area contributed by atoms with Crippen molar-refractivity contribution < 1.29 is 4.92 Å². The van der Waals surface area contributed by atoms with Crippen LogP contribution in [-0.2, 0) is 6.54 Å². The molecule has 1 heterocycles. The van der Waals surface area contributed by atoms with Crippen LogP contribution >= 0.6 is 11.6 Å². The molecule has 0 amide bonds. The number of hydrogen-bond donors (Lipinski definition) is 0. The fourth-order valence-corrected chi connectivity index (χ4v) is 1.57. The molecule has 5 nitrogen and oxygen atoms in total. The van der Waals surface area contributed by atoms with Crippen molar-refractivity contribution in [2.24, 2.45) is 0 Å². The molecule has 0 unspecified atom stereocenters. The Morgan fingerprint density at radius 2 is 2.31 bits per heavy atom. The monoisotopic (exact) mass is 237 g/mol. The summed E-state index contributed by atoms with van der Waals surface area (Å²) in [5.74, 6) is 0. The number of nitrogens with zero attached hydrogens (tertiary/aromatic N) is 3. The molecule has 0 radical (unpaired) electrons. The normalized spacial score (nSPS) is 10.3. The SMILES string of the molecule is O=[N+]([O-])c1cnn(Cc2cccc(Cl)c2)c1. The first-order valence-electron chi connectivity index (χ1n) is 4.56. The van der Waals surface area contributed by atoms with Crippen LogP contribution in [0.2, 0.25) is 5.02 Å². The Hall–Kier alpha value is -1.88. The van der Waals surface area contributed by atoms with Crippen molar-refractivity contribution in [3.05, 3.63) is 57.4 Å². The molecule has 2 rings (SSSR count). The molecule has 0 saturated carbocycles. The molecule has 6 heteroatoms. The van der Waals surface area contributed by atoms with Crippen LogP contribution in [0, 0.1) is 10.1 Å². The van der Waals surface area contributed by atoms with Gasteiger partial charge in [-0.1, -0.05) is 23.7 Å². The maximum Gasteiger partial charge on any atom is 0.307 e. The fourth-order valence-electron chi connectivity index (χ4n) is 1.36. The van der Waals surface area contributed by atoms with E-state index in [-0.39, 0.29) is 5.69 Å². The summed E-state index contributed by atoms with van der Waals surface area (Å²) in [6.45, 7) is 0.467. The van der Waals surface area contributed by atoms with Crippen molar-refractivity contribution in [3.63, 3.8) is 0 Å². The molecule has 0 bridgehead atoms. The van der Waals surface area contributed by atoms with Gasteiger partial charge in [-0.2, -0.15) is 5.10 Å². The second-order valence-corrected chi connectivity index (χ2v) is 3.72. The van der Waals surface area contributed by atoms with E-state index in [1.54, 1.807) is 12.1 Å². The zero-order valence-corrected chi connectivity index (χ0v) is 8.96.